The van der Waals surface area contributed by atoms with Gasteiger partial charge in [0.05, 0.1) is 12.8 Å². The van der Waals surface area contributed by atoms with E-state index in [0.29, 0.717) is 4.99 Å². The molecule has 3 nitrogen and oxygen atoms in total. The number of rotatable bonds is 3. The molecule has 104 valence electrons. The lowest BCUT2D eigenvalue weighted by molar-refractivity contribution is 0.414. The first-order valence-electron chi connectivity index (χ1n) is 6.95. The summed E-state index contributed by atoms with van der Waals surface area (Å²) in [6.45, 7) is 2.14. The zero-order valence-electron chi connectivity index (χ0n) is 11.5. The van der Waals surface area contributed by atoms with E-state index in [1.165, 1.54) is 32.1 Å². The van der Waals surface area contributed by atoms with Gasteiger partial charge in [-0.1, -0.05) is 31.5 Å². The quantitative estimate of drug-likeness (QED) is 0.862. The maximum Gasteiger partial charge on any atom is 0.120 e. The molecule has 19 heavy (non-hydrogen) atoms. The second kappa shape index (κ2) is 6.75. The van der Waals surface area contributed by atoms with E-state index < -0.39 is 0 Å². The van der Waals surface area contributed by atoms with Crippen molar-refractivity contribution in [3.8, 4) is 5.75 Å². The van der Waals surface area contributed by atoms with Crippen LogP contribution in [0.3, 0.4) is 0 Å². The zero-order chi connectivity index (χ0) is 13.7. The van der Waals surface area contributed by atoms with Gasteiger partial charge in [-0.2, -0.15) is 0 Å². The highest BCUT2D eigenvalue weighted by Gasteiger charge is 2.15. The fraction of sp³-hybridized carbons (Fsp3) is 0.533. The Bertz CT molecular complexity index is 440. The van der Waals surface area contributed by atoms with Crippen LogP contribution in [0.5, 0.6) is 5.75 Å². The number of nitrogens with zero attached hydrogens (tertiary/aromatic N) is 1. The smallest absolute Gasteiger partial charge is 0.120 e. The molecule has 2 rings (SSSR count). The van der Waals surface area contributed by atoms with E-state index >= 15 is 0 Å². The Hall–Kier alpha value is -1.29. The van der Waals surface area contributed by atoms with Crippen LogP contribution in [0, 0.1) is 0 Å². The summed E-state index contributed by atoms with van der Waals surface area (Å²) in [5, 5.41) is 0. The van der Waals surface area contributed by atoms with E-state index in [2.05, 4.69) is 11.0 Å². The van der Waals surface area contributed by atoms with E-state index in [-0.39, 0.29) is 0 Å². The van der Waals surface area contributed by atoms with Crippen LogP contribution in [0.25, 0.3) is 0 Å². The predicted octanol–water partition coefficient (Wildman–Crippen LogP) is 3.10. The van der Waals surface area contributed by atoms with Crippen molar-refractivity contribution in [1.29, 1.82) is 0 Å². The fourth-order valence-electron chi connectivity index (χ4n) is 2.60. The molecule has 0 bridgehead atoms. The summed E-state index contributed by atoms with van der Waals surface area (Å²) in [7, 11) is 1.69. The van der Waals surface area contributed by atoms with Gasteiger partial charge in [0.1, 0.15) is 10.7 Å². The van der Waals surface area contributed by atoms with Crippen molar-refractivity contribution in [2.75, 3.05) is 25.1 Å². The summed E-state index contributed by atoms with van der Waals surface area (Å²) in [5.41, 5.74) is 7.92. The maximum absolute atomic E-state index is 5.85. The van der Waals surface area contributed by atoms with Crippen LogP contribution in [0.1, 0.15) is 37.7 Å². The Morgan fingerprint density at radius 1 is 1.16 bits per heavy atom. The molecular formula is C15H22N2OS. The second-order valence-electron chi connectivity index (χ2n) is 5.00. The van der Waals surface area contributed by atoms with Gasteiger partial charge in [0.15, 0.2) is 0 Å². The van der Waals surface area contributed by atoms with E-state index in [1.54, 1.807) is 7.11 Å². The molecule has 0 radical (unpaired) electrons. The van der Waals surface area contributed by atoms with Gasteiger partial charge in [0.25, 0.3) is 0 Å². The molecule has 1 aromatic carbocycles. The molecule has 0 aliphatic carbocycles. The number of methoxy groups -OCH3 is 1. The Balaban J connectivity index is 2.30. The lowest BCUT2D eigenvalue weighted by atomic mass is 10.1. The van der Waals surface area contributed by atoms with Gasteiger partial charge in [-0.25, -0.2) is 0 Å². The minimum Gasteiger partial charge on any atom is -0.497 e. The number of hydrogen-bond donors (Lipinski definition) is 1. The van der Waals surface area contributed by atoms with Crippen molar-refractivity contribution in [2.45, 2.75) is 32.1 Å². The largest absolute Gasteiger partial charge is 0.497 e. The van der Waals surface area contributed by atoms with Crippen LogP contribution < -0.4 is 15.4 Å². The number of anilines is 1. The fourth-order valence-corrected chi connectivity index (χ4v) is 2.77. The molecule has 1 aliphatic rings. The Morgan fingerprint density at radius 3 is 2.37 bits per heavy atom. The third-order valence-corrected chi connectivity index (χ3v) is 3.89. The minimum atomic E-state index is 0.458. The first kappa shape index (κ1) is 14.1. The van der Waals surface area contributed by atoms with Gasteiger partial charge in [0.2, 0.25) is 0 Å². The van der Waals surface area contributed by atoms with Gasteiger partial charge in [-0.3, -0.25) is 0 Å². The molecule has 4 heteroatoms. The van der Waals surface area contributed by atoms with Crippen molar-refractivity contribution in [3.63, 3.8) is 0 Å². The second-order valence-corrected chi connectivity index (χ2v) is 5.44. The standard InChI is InChI=1S/C15H22N2OS/c1-18-12-7-8-13(15(16)19)14(11-12)17-9-5-3-2-4-6-10-17/h7-8,11H,2-6,9-10H2,1H3,(H2,16,19). The van der Waals surface area contributed by atoms with Crippen LogP contribution in [-0.4, -0.2) is 25.2 Å². The van der Waals surface area contributed by atoms with Crippen molar-refractivity contribution in [3.05, 3.63) is 23.8 Å². The molecule has 1 aliphatic heterocycles. The van der Waals surface area contributed by atoms with Crippen LogP contribution in [0.4, 0.5) is 5.69 Å². The first-order chi connectivity index (χ1) is 9.22. The van der Waals surface area contributed by atoms with Gasteiger partial charge >= 0.3 is 0 Å². The molecule has 1 aromatic rings. The van der Waals surface area contributed by atoms with Crippen LogP contribution in [0.2, 0.25) is 0 Å². The summed E-state index contributed by atoms with van der Waals surface area (Å²) >= 11 is 5.17. The topological polar surface area (TPSA) is 38.5 Å². The first-order valence-corrected chi connectivity index (χ1v) is 7.36. The number of ether oxygens (including phenoxy) is 1. The molecule has 0 atom stereocenters. The predicted molar refractivity (Wildman–Crippen MR) is 84.2 cm³/mol. The Morgan fingerprint density at radius 2 is 1.79 bits per heavy atom. The summed E-state index contributed by atoms with van der Waals surface area (Å²) in [4.78, 5) is 2.86. The number of benzene rings is 1. The number of nitrogens with two attached hydrogens (primary N) is 1. The van der Waals surface area contributed by atoms with Crippen molar-refractivity contribution >= 4 is 22.9 Å². The normalized spacial score (nSPS) is 16.6. The summed E-state index contributed by atoms with van der Waals surface area (Å²) in [6.07, 6.45) is 6.43. The van der Waals surface area contributed by atoms with E-state index in [1.807, 2.05) is 12.1 Å². The minimum absolute atomic E-state index is 0.458. The monoisotopic (exact) mass is 278 g/mol. The van der Waals surface area contributed by atoms with E-state index in [4.69, 9.17) is 22.7 Å². The Kier molecular flexibility index (Phi) is 5.02. The molecule has 0 amide bonds. The molecular weight excluding hydrogens is 256 g/mol. The highest BCUT2D eigenvalue weighted by atomic mass is 32.1. The Labute approximate surface area is 120 Å². The highest BCUT2D eigenvalue weighted by molar-refractivity contribution is 7.80. The summed E-state index contributed by atoms with van der Waals surface area (Å²) in [5.74, 6) is 0.858. The van der Waals surface area contributed by atoms with Crippen LogP contribution >= 0.6 is 12.2 Å². The van der Waals surface area contributed by atoms with Crippen LogP contribution in [-0.2, 0) is 0 Å². The van der Waals surface area contributed by atoms with Crippen molar-refractivity contribution < 1.29 is 4.74 Å². The van der Waals surface area contributed by atoms with Crippen LogP contribution in [0.15, 0.2) is 18.2 Å². The number of hydrogen-bond acceptors (Lipinski definition) is 3. The lowest BCUT2D eigenvalue weighted by Crippen LogP contribution is -2.29. The average Bonchev–Trinajstić information content (AvgIpc) is 2.37. The van der Waals surface area contributed by atoms with E-state index in [0.717, 1.165) is 30.1 Å². The van der Waals surface area contributed by atoms with Gasteiger partial charge in [0, 0.05) is 24.7 Å². The third kappa shape index (κ3) is 3.60. The molecule has 1 heterocycles. The zero-order valence-corrected chi connectivity index (χ0v) is 12.3. The molecule has 0 unspecified atom stereocenters. The lowest BCUT2D eigenvalue weighted by Gasteiger charge is -2.29. The summed E-state index contributed by atoms with van der Waals surface area (Å²) in [6, 6.07) is 5.94. The SMILES string of the molecule is COc1ccc(C(N)=S)c(N2CCCCCCC2)c1. The van der Waals surface area contributed by atoms with E-state index in [9.17, 15) is 0 Å². The molecule has 1 fully saturated rings. The average molecular weight is 278 g/mol. The van der Waals surface area contributed by atoms with Gasteiger partial charge < -0.3 is 15.4 Å². The highest BCUT2D eigenvalue weighted by Crippen LogP contribution is 2.28. The molecule has 0 spiro atoms. The molecule has 2 N–H and O–H groups in total. The van der Waals surface area contributed by atoms with Crippen molar-refractivity contribution in [1.82, 2.24) is 0 Å². The van der Waals surface area contributed by atoms with Crippen molar-refractivity contribution in [2.24, 2.45) is 5.73 Å². The van der Waals surface area contributed by atoms with Gasteiger partial charge in [-0.15, -0.1) is 0 Å². The van der Waals surface area contributed by atoms with Gasteiger partial charge in [-0.05, 0) is 25.0 Å². The molecule has 1 saturated heterocycles. The third-order valence-electron chi connectivity index (χ3n) is 3.67. The molecule has 0 saturated carbocycles. The summed E-state index contributed by atoms with van der Waals surface area (Å²) < 4.78 is 5.33. The maximum atomic E-state index is 5.85. The number of thiocarbonyl (C=S) groups is 1. The molecule has 0 aromatic heterocycles.